The summed E-state index contributed by atoms with van der Waals surface area (Å²) in [6.45, 7) is 5.15. The van der Waals surface area contributed by atoms with Crippen LogP contribution in [0.1, 0.15) is 47.4 Å². The van der Waals surface area contributed by atoms with Crippen molar-refractivity contribution in [3.05, 3.63) is 53.6 Å². The smallest absolute Gasteiger partial charge is 0.338 e. The van der Waals surface area contributed by atoms with Gasteiger partial charge in [0.05, 0.1) is 17.7 Å². The fourth-order valence-corrected chi connectivity index (χ4v) is 2.63. The topological polar surface area (TPSA) is 86.1 Å². The van der Waals surface area contributed by atoms with E-state index >= 15 is 0 Å². The number of hydrogen-bond acceptors (Lipinski definition) is 5. The summed E-state index contributed by atoms with van der Waals surface area (Å²) < 4.78 is 6.94. The Kier molecular flexibility index (Phi) is 5.80. The van der Waals surface area contributed by atoms with Gasteiger partial charge in [0.25, 0.3) is 5.91 Å². The van der Waals surface area contributed by atoms with Gasteiger partial charge < -0.3 is 10.1 Å². The summed E-state index contributed by atoms with van der Waals surface area (Å²) >= 11 is 0. The number of nitrogens with one attached hydrogen (secondary N) is 1. The van der Waals surface area contributed by atoms with Gasteiger partial charge in [0, 0.05) is 17.8 Å². The summed E-state index contributed by atoms with van der Waals surface area (Å²) in [5.74, 6) is -0.605. The van der Waals surface area contributed by atoms with Crippen LogP contribution in [0.25, 0.3) is 11.0 Å². The summed E-state index contributed by atoms with van der Waals surface area (Å²) in [6, 6.07) is 11.9. The lowest BCUT2D eigenvalue weighted by atomic mass is 10.1. The molecule has 0 unspecified atom stereocenters. The van der Waals surface area contributed by atoms with Crippen LogP contribution in [0.5, 0.6) is 0 Å². The number of benzene rings is 2. The number of esters is 1. The fourth-order valence-electron chi connectivity index (χ4n) is 2.63. The second kappa shape index (κ2) is 8.44. The van der Waals surface area contributed by atoms with E-state index in [-0.39, 0.29) is 11.9 Å². The molecular weight excluding hydrogens is 344 g/mol. The number of anilines is 1. The highest BCUT2D eigenvalue weighted by molar-refractivity contribution is 6.06. The van der Waals surface area contributed by atoms with E-state index in [0.717, 1.165) is 24.9 Å². The highest BCUT2D eigenvalue weighted by Crippen LogP contribution is 2.16. The van der Waals surface area contributed by atoms with Crippen LogP contribution >= 0.6 is 0 Å². The van der Waals surface area contributed by atoms with Gasteiger partial charge in [0.2, 0.25) is 0 Å². The molecule has 0 aliphatic heterocycles. The molecule has 0 aliphatic carbocycles. The van der Waals surface area contributed by atoms with E-state index in [2.05, 4.69) is 15.6 Å². The molecular formula is C20H22N4O3. The van der Waals surface area contributed by atoms with Gasteiger partial charge in [-0.05, 0) is 55.8 Å². The Morgan fingerprint density at radius 2 is 1.81 bits per heavy atom. The summed E-state index contributed by atoms with van der Waals surface area (Å²) in [4.78, 5) is 24.4. The third-order valence-corrected chi connectivity index (χ3v) is 4.19. The number of aromatic nitrogens is 3. The molecule has 7 nitrogen and oxygen atoms in total. The van der Waals surface area contributed by atoms with Crippen molar-refractivity contribution >= 4 is 28.6 Å². The maximum atomic E-state index is 12.5. The first-order chi connectivity index (χ1) is 13.1. The standard InChI is InChI=1S/C20H22N4O3/c1-3-5-12-27-20(26)14-6-9-16(10-7-14)21-19(25)15-8-11-18-17(13-15)22-23-24(18)4-2/h6-11,13H,3-5,12H2,1-2H3,(H,21,25). The van der Waals surface area contributed by atoms with E-state index in [4.69, 9.17) is 4.74 Å². The molecule has 27 heavy (non-hydrogen) atoms. The average molecular weight is 366 g/mol. The van der Waals surface area contributed by atoms with Crippen LogP contribution in [-0.4, -0.2) is 33.5 Å². The van der Waals surface area contributed by atoms with Crippen LogP contribution < -0.4 is 5.32 Å². The first-order valence-corrected chi connectivity index (χ1v) is 9.04. The minimum absolute atomic E-state index is 0.249. The quantitative estimate of drug-likeness (QED) is 0.509. The number of nitrogens with zero attached hydrogens (tertiary/aromatic N) is 3. The molecule has 0 saturated heterocycles. The number of aryl methyl sites for hydroxylation is 1. The molecule has 2 aromatic carbocycles. The lowest BCUT2D eigenvalue weighted by Gasteiger charge is -2.07. The fraction of sp³-hybridized carbons (Fsp3) is 0.300. The molecule has 1 amide bonds. The first kappa shape index (κ1) is 18.6. The van der Waals surface area contributed by atoms with Crippen LogP contribution in [0.15, 0.2) is 42.5 Å². The van der Waals surface area contributed by atoms with Gasteiger partial charge in [-0.2, -0.15) is 0 Å². The number of carbonyl (C=O) groups excluding carboxylic acids is 2. The SMILES string of the molecule is CCCCOC(=O)c1ccc(NC(=O)c2ccc3c(c2)nnn3CC)cc1. The molecule has 1 N–H and O–H groups in total. The van der Waals surface area contributed by atoms with Crippen molar-refractivity contribution in [3.63, 3.8) is 0 Å². The van der Waals surface area contributed by atoms with Gasteiger partial charge in [-0.3, -0.25) is 4.79 Å². The largest absolute Gasteiger partial charge is 0.462 e. The Morgan fingerprint density at radius 3 is 2.52 bits per heavy atom. The van der Waals surface area contributed by atoms with Gasteiger partial charge in [-0.25, -0.2) is 9.48 Å². The number of fused-ring (bicyclic) bond motifs is 1. The molecule has 140 valence electrons. The van der Waals surface area contributed by atoms with Crippen molar-refractivity contribution in [3.8, 4) is 0 Å². The number of unbranched alkanes of at least 4 members (excludes halogenated alkanes) is 1. The van der Waals surface area contributed by atoms with Crippen LogP contribution in [-0.2, 0) is 11.3 Å². The highest BCUT2D eigenvalue weighted by atomic mass is 16.5. The summed E-state index contributed by atoms with van der Waals surface area (Å²) in [7, 11) is 0. The first-order valence-electron chi connectivity index (χ1n) is 9.04. The van der Waals surface area contributed by atoms with Crippen molar-refractivity contribution in [1.82, 2.24) is 15.0 Å². The minimum atomic E-state index is -0.356. The molecule has 7 heteroatoms. The Hall–Kier alpha value is -3.22. The second-order valence-corrected chi connectivity index (χ2v) is 6.13. The lowest BCUT2D eigenvalue weighted by molar-refractivity contribution is 0.0499. The third kappa shape index (κ3) is 4.31. The van der Waals surface area contributed by atoms with Gasteiger partial charge in [0.15, 0.2) is 0 Å². The predicted octanol–water partition coefficient (Wildman–Crippen LogP) is 3.66. The van der Waals surface area contributed by atoms with Crippen LogP contribution in [0.3, 0.4) is 0 Å². The molecule has 0 aliphatic rings. The van der Waals surface area contributed by atoms with E-state index in [1.807, 2.05) is 19.9 Å². The van der Waals surface area contributed by atoms with Gasteiger partial charge in [0.1, 0.15) is 5.52 Å². The van der Waals surface area contributed by atoms with Gasteiger partial charge in [-0.15, -0.1) is 5.10 Å². The van der Waals surface area contributed by atoms with E-state index in [1.165, 1.54) is 0 Å². The van der Waals surface area contributed by atoms with E-state index in [1.54, 1.807) is 41.1 Å². The maximum absolute atomic E-state index is 12.5. The predicted molar refractivity (Wildman–Crippen MR) is 103 cm³/mol. The average Bonchev–Trinajstić information content (AvgIpc) is 3.11. The van der Waals surface area contributed by atoms with Crippen molar-refractivity contribution in [2.75, 3.05) is 11.9 Å². The molecule has 0 spiro atoms. The molecule has 1 aromatic heterocycles. The Bertz CT molecular complexity index is 948. The van der Waals surface area contributed by atoms with Crippen LogP contribution in [0.2, 0.25) is 0 Å². The summed E-state index contributed by atoms with van der Waals surface area (Å²) in [6.07, 6.45) is 1.81. The molecule has 3 aromatic rings. The number of carbonyl (C=O) groups is 2. The molecule has 1 heterocycles. The molecule has 0 bridgehead atoms. The van der Waals surface area contributed by atoms with E-state index in [0.29, 0.717) is 28.9 Å². The molecule has 0 saturated carbocycles. The van der Waals surface area contributed by atoms with Crippen molar-refractivity contribution in [2.24, 2.45) is 0 Å². The van der Waals surface area contributed by atoms with Gasteiger partial charge >= 0.3 is 5.97 Å². The van der Waals surface area contributed by atoms with Crippen LogP contribution in [0.4, 0.5) is 5.69 Å². The number of ether oxygens (including phenoxy) is 1. The maximum Gasteiger partial charge on any atom is 0.338 e. The molecule has 0 radical (unpaired) electrons. The highest BCUT2D eigenvalue weighted by Gasteiger charge is 2.11. The zero-order valence-electron chi connectivity index (χ0n) is 15.4. The van der Waals surface area contributed by atoms with Crippen molar-refractivity contribution in [2.45, 2.75) is 33.2 Å². The molecule has 3 rings (SSSR count). The van der Waals surface area contributed by atoms with Gasteiger partial charge in [-0.1, -0.05) is 18.6 Å². The second-order valence-electron chi connectivity index (χ2n) is 6.13. The Labute approximate surface area is 157 Å². The Balaban J connectivity index is 1.66. The van der Waals surface area contributed by atoms with E-state index in [9.17, 15) is 9.59 Å². The lowest BCUT2D eigenvalue weighted by Crippen LogP contribution is -2.12. The van der Waals surface area contributed by atoms with Crippen molar-refractivity contribution in [1.29, 1.82) is 0 Å². The minimum Gasteiger partial charge on any atom is -0.462 e. The Morgan fingerprint density at radius 1 is 1.07 bits per heavy atom. The van der Waals surface area contributed by atoms with Crippen molar-refractivity contribution < 1.29 is 14.3 Å². The number of hydrogen-bond donors (Lipinski definition) is 1. The van der Waals surface area contributed by atoms with Crippen LogP contribution in [0, 0.1) is 0 Å². The molecule has 0 atom stereocenters. The normalized spacial score (nSPS) is 10.7. The summed E-state index contributed by atoms with van der Waals surface area (Å²) in [5, 5.41) is 10.9. The zero-order valence-corrected chi connectivity index (χ0v) is 15.4. The van der Waals surface area contributed by atoms with E-state index < -0.39 is 0 Å². The molecule has 0 fully saturated rings. The number of amides is 1. The number of rotatable bonds is 7. The monoisotopic (exact) mass is 366 g/mol. The zero-order chi connectivity index (χ0) is 19.2. The third-order valence-electron chi connectivity index (χ3n) is 4.19. The summed E-state index contributed by atoms with van der Waals surface area (Å²) in [5.41, 5.74) is 3.12.